The van der Waals surface area contributed by atoms with E-state index in [0.29, 0.717) is 43.0 Å². The third-order valence-electron chi connectivity index (χ3n) is 4.08. The zero-order valence-electron chi connectivity index (χ0n) is 17.4. The van der Waals surface area contributed by atoms with Crippen LogP contribution in [0.3, 0.4) is 0 Å². The SMILES string of the molecule is CCNC(=NCc1nc(-c2ccco2)n[nH]1)NCC(O)c1cccc(OC(C)C)c1. The van der Waals surface area contributed by atoms with E-state index < -0.39 is 6.10 Å². The number of rotatable bonds is 9. The van der Waals surface area contributed by atoms with Crippen molar-refractivity contribution in [2.24, 2.45) is 4.99 Å². The van der Waals surface area contributed by atoms with Crippen LogP contribution in [0.25, 0.3) is 11.6 Å². The Hall–Kier alpha value is -3.33. The Labute approximate surface area is 175 Å². The molecule has 1 unspecified atom stereocenters. The minimum atomic E-state index is -0.708. The maximum Gasteiger partial charge on any atom is 0.216 e. The summed E-state index contributed by atoms with van der Waals surface area (Å²) in [6, 6.07) is 11.0. The quantitative estimate of drug-likeness (QED) is 0.315. The lowest BCUT2D eigenvalue weighted by molar-refractivity contribution is 0.179. The molecule has 2 aromatic heterocycles. The molecule has 0 amide bonds. The first kappa shape index (κ1) is 21.4. The standard InChI is InChI=1S/C21H28N6O3/c1-4-22-21(24-13-19-25-20(27-26-19)18-9-6-10-29-18)23-12-17(28)15-7-5-8-16(11-15)30-14(2)3/h5-11,14,17,28H,4,12-13H2,1-3H3,(H2,22,23,24)(H,25,26,27). The van der Waals surface area contributed by atoms with Crippen molar-refractivity contribution >= 4 is 5.96 Å². The van der Waals surface area contributed by atoms with Crippen molar-refractivity contribution in [2.75, 3.05) is 13.1 Å². The molecule has 1 aromatic carbocycles. The Morgan fingerprint density at radius 2 is 2.13 bits per heavy atom. The number of ether oxygens (including phenoxy) is 1. The monoisotopic (exact) mass is 412 g/mol. The number of benzene rings is 1. The maximum absolute atomic E-state index is 10.6. The van der Waals surface area contributed by atoms with Crippen LogP contribution in [0, 0.1) is 0 Å². The second-order valence-electron chi connectivity index (χ2n) is 6.91. The fourth-order valence-corrected chi connectivity index (χ4v) is 2.76. The number of aromatic nitrogens is 3. The lowest BCUT2D eigenvalue weighted by atomic mass is 10.1. The molecule has 0 aliphatic heterocycles. The van der Waals surface area contributed by atoms with E-state index in [-0.39, 0.29) is 6.10 Å². The van der Waals surface area contributed by atoms with Crippen LogP contribution >= 0.6 is 0 Å². The van der Waals surface area contributed by atoms with E-state index in [2.05, 4.69) is 30.8 Å². The molecule has 9 heteroatoms. The first-order chi connectivity index (χ1) is 14.5. The molecular weight excluding hydrogens is 384 g/mol. The summed E-state index contributed by atoms with van der Waals surface area (Å²) >= 11 is 0. The topological polar surface area (TPSA) is 121 Å². The van der Waals surface area contributed by atoms with Crippen LogP contribution in [0.4, 0.5) is 0 Å². The van der Waals surface area contributed by atoms with Crippen LogP contribution in [0.5, 0.6) is 5.75 Å². The molecule has 3 rings (SSSR count). The van der Waals surface area contributed by atoms with Crippen molar-refractivity contribution in [3.63, 3.8) is 0 Å². The molecule has 2 heterocycles. The molecule has 0 spiro atoms. The average Bonchev–Trinajstić information content (AvgIpc) is 3.41. The zero-order chi connectivity index (χ0) is 21.3. The zero-order valence-corrected chi connectivity index (χ0v) is 17.4. The molecule has 0 aliphatic rings. The molecule has 0 saturated heterocycles. The van der Waals surface area contributed by atoms with Gasteiger partial charge in [0.25, 0.3) is 0 Å². The number of nitrogens with zero attached hydrogens (tertiary/aromatic N) is 3. The highest BCUT2D eigenvalue weighted by Gasteiger charge is 2.11. The van der Waals surface area contributed by atoms with E-state index in [1.54, 1.807) is 18.4 Å². The average molecular weight is 412 g/mol. The van der Waals surface area contributed by atoms with Crippen LogP contribution in [0.15, 0.2) is 52.1 Å². The fraction of sp³-hybridized carbons (Fsp3) is 0.381. The number of nitrogens with one attached hydrogen (secondary N) is 3. The van der Waals surface area contributed by atoms with Gasteiger partial charge in [0, 0.05) is 13.1 Å². The summed E-state index contributed by atoms with van der Waals surface area (Å²) < 4.78 is 11.0. The third kappa shape index (κ3) is 6.08. The summed E-state index contributed by atoms with van der Waals surface area (Å²) in [6.45, 7) is 7.20. The van der Waals surface area contributed by atoms with Crippen LogP contribution in [0.2, 0.25) is 0 Å². The predicted octanol–water partition coefficient (Wildman–Crippen LogP) is 2.64. The number of hydrogen-bond acceptors (Lipinski definition) is 6. The van der Waals surface area contributed by atoms with Crippen molar-refractivity contribution in [3.8, 4) is 17.3 Å². The van der Waals surface area contributed by atoms with Gasteiger partial charge in [-0.25, -0.2) is 9.98 Å². The minimum absolute atomic E-state index is 0.0763. The van der Waals surface area contributed by atoms with Gasteiger partial charge in [0.2, 0.25) is 5.82 Å². The van der Waals surface area contributed by atoms with Gasteiger partial charge in [0.15, 0.2) is 11.7 Å². The Morgan fingerprint density at radius 3 is 2.87 bits per heavy atom. The second-order valence-corrected chi connectivity index (χ2v) is 6.91. The Kier molecular flexibility index (Phi) is 7.45. The smallest absolute Gasteiger partial charge is 0.216 e. The molecule has 160 valence electrons. The molecule has 4 N–H and O–H groups in total. The van der Waals surface area contributed by atoms with E-state index in [4.69, 9.17) is 9.15 Å². The molecule has 0 radical (unpaired) electrons. The molecular formula is C21H28N6O3. The van der Waals surface area contributed by atoms with Crippen molar-refractivity contribution in [1.82, 2.24) is 25.8 Å². The molecule has 30 heavy (non-hydrogen) atoms. The number of hydrogen-bond donors (Lipinski definition) is 4. The van der Waals surface area contributed by atoms with E-state index >= 15 is 0 Å². The van der Waals surface area contributed by atoms with Gasteiger partial charge < -0.3 is 24.9 Å². The largest absolute Gasteiger partial charge is 0.491 e. The highest BCUT2D eigenvalue weighted by Crippen LogP contribution is 2.20. The van der Waals surface area contributed by atoms with Gasteiger partial charge in [-0.1, -0.05) is 12.1 Å². The van der Waals surface area contributed by atoms with Crippen molar-refractivity contribution < 1.29 is 14.3 Å². The third-order valence-corrected chi connectivity index (χ3v) is 4.08. The summed E-state index contributed by atoms with van der Waals surface area (Å²) in [6.07, 6.45) is 0.944. The van der Waals surface area contributed by atoms with Crippen molar-refractivity contribution in [3.05, 3.63) is 54.0 Å². The van der Waals surface area contributed by atoms with Crippen molar-refractivity contribution in [1.29, 1.82) is 0 Å². The first-order valence-electron chi connectivity index (χ1n) is 9.97. The molecule has 3 aromatic rings. The number of aromatic amines is 1. The number of furan rings is 1. The number of H-pyrrole nitrogens is 1. The molecule has 9 nitrogen and oxygen atoms in total. The van der Waals surface area contributed by atoms with Gasteiger partial charge in [0.1, 0.15) is 18.1 Å². The molecule has 0 aliphatic carbocycles. The van der Waals surface area contributed by atoms with Gasteiger partial charge in [0.05, 0.1) is 18.5 Å². The van der Waals surface area contributed by atoms with E-state index in [0.717, 1.165) is 11.3 Å². The van der Waals surface area contributed by atoms with Gasteiger partial charge in [-0.05, 0) is 50.6 Å². The lowest BCUT2D eigenvalue weighted by Crippen LogP contribution is -2.39. The summed E-state index contributed by atoms with van der Waals surface area (Å²) in [7, 11) is 0. The molecule has 0 bridgehead atoms. The number of guanidine groups is 1. The number of aliphatic imine (C=N–C) groups is 1. The summed E-state index contributed by atoms with van der Waals surface area (Å²) in [5.74, 6) is 3.00. The van der Waals surface area contributed by atoms with E-state index in [9.17, 15) is 5.11 Å². The molecule has 1 atom stereocenters. The number of aliphatic hydroxyl groups is 1. The van der Waals surface area contributed by atoms with Crippen molar-refractivity contribution in [2.45, 2.75) is 39.5 Å². The predicted molar refractivity (Wildman–Crippen MR) is 114 cm³/mol. The Bertz CT molecular complexity index is 936. The van der Waals surface area contributed by atoms with Gasteiger partial charge in [-0.15, -0.1) is 5.10 Å². The summed E-state index contributed by atoms with van der Waals surface area (Å²) in [4.78, 5) is 8.87. The molecule has 0 fully saturated rings. The summed E-state index contributed by atoms with van der Waals surface area (Å²) in [5, 5.41) is 23.8. The maximum atomic E-state index is 10.6. The van der Waals surface area contributed by atoms with E-state index in [1.807, 2.05) is 45.0 Å². The Balaban J connectivity index is 1.58. The minimum Gasteiger partial charge on any atom is -0.491 e. The second kappa shape index (κ2) is 10.4. The Morgan fingerprint density at radius 1 is 1.27 bits per heavy atom. The molecule has 0 saturated carbocycles. The van der Waals surface area contributed by atoms with Gasteiger partial charge in [-0.3, -0.25) is 5.10 Å². The number of aliphatic hydroxyl groups excluding tert-OH is 1. The van der Waals surface area contributed by atoms with Crippen LogP contribution in [0.1, 0.15) is 38.3 Å². The van der Waals surface area contributed by atoms with Crippen LogP contribution in [-0.4, -0.2) is 45.4 Å². The summed E-state index contributed by atoms with van der Waals surface area (Å²) in [5.41, 5.74) is 0.773. The van der Waals surface area contributed by atoms with Crippen LogP contribution in [-0.2, 0) is 6.54 Å². The van der Waals surface area contributed by atoms with Crippen LogP contribution < -0.4 is 15.4 Å². The normalized spacial score (nSPS) is 12.8. The fourth-order valence-electron chi connectivity index (χ4n) is 2.76. The van der Waals surface area contributed by atoms with Gasteiger partial charge in [-0.2, -0.15) is 0 Å². The highest BCUT2D eigenvalue weighted by atomic mass is 16.5. The highest BCUT2D eigenvalue weighted by molar-refractivity contribution is 5.79. The lowest BCUT2D eigenvalue weighted by Gasteiger charge is -2.17. The van der Waals surface area contributed by atoms with Gasteiger partial charge >= 0.3 is 0 Å². The van der Waals surface area contributed by atoms with E-state index in [1.165, 1.54) is 0 Å². The first-order valence-corrected chi connectivity index (χ1v) is 9.97.